The summed E-state index contributed by atoms with van der Waals surface area (Å²) in [4.78, 5) is 7.04. The zero-order valence-corrected chi connectivity index (χ0v) is 7.73. The third-order valence-electron chi connectivity index (χ3n) is 1.93. The van der Waals surface area contributed by atoms with E-state index in [2.05, 4.69) is 28.9 Å². The Morgan fingerprint density at radius 2 is 2.31 bits per heavy atom. The fraction of sp³-hybridized carbons (Fsp3) is 0.333. The van der Waals surface area contributed by atoms with Crippen molar-refractivity contribution in [2.45, 2.75) is 19.9 Å². The van der Waals surface area contributed by atoms with E-state index in [1.807, 2.05) is 10.7 Å². The summed E-state index contributed by atoms with van der Waals surface area (Å²) in [5.41, 5.74) is 2.08. The van der Waals surface area contributed by atoms with Crippen LogP contribution in [0.2, 0.25) is 0 Å². The minimum Gasteiger partial charge on any atom is -0.343 e. The van der Waals surface area contributed by atoms with Crippen LogP contribution >= 0.6 is 0 Å². The highest BCUT2D eigenvalue weighted by molar-refractivity contribution is 5.52. The van der Waals surface area contributed by atoms with E-state index in [0.717, 1.165) is 11.4 Å². The summed E-state index contributed by atoms with van der Waals surface area (Å²) >= 11 is 0. The Kier molecular flexibility index (Phi) is 1.88. The molecule has 0 saturated heterocycles. The molecule has 0 aromatic carbocycles. The Morgan fingerprint density at radius 3 is 2.92 bits per heavy atom. The number of H-pyrrole nitrogens is 1. The highest BCUT2D eigenvalue weighted by Crippen LogP contribution is 2.18. The van der Waals surface area contributed by atoms with Crippen LogP contribution in [0.3, 0.4) is 0 Å². The molecule has 2 heterocycles. The van der Waals surface area contributed by atoms with Gasteiger partial charge in [0.2, 0.25) is 0 Å². The van der Waals surface area contributed by atoms with Crippen LogP contribution in [0.1, 0.15) is 19.9 Å². The van der Waals surface area contributed by atoms with Crippen LogP contribution in [0, 0.1) is 0 Å². The van der Waals surface area contributed by atoms with Crippen molar-refractivity contribution in [3.63, 3.8) is 0 Å². The predicted octanol–water partition coefficient (Wildman–Crippen LogP) is 1.85. The normalized spacial score (nSPS) is 11.0. The van der Waals surface area contributed by atoms with Crippen molar-refractivity contribution in [3.05, 3.63) is 24.8 Å². The van der Waals surface area contributed by atoms with E-state index in [-0.39, 0.29) is 0 Å². The van der Waals surface area contributed by atoms with Crippen LogP contribution in [0.4, 0.5) is 0 Å². The van der Waals surface area contributed by atoms with Crippen LogP contribution in [0.5, 0.6) is 0 Å². The van der Waals surface area contributed by atoms with E-state index in [4.69, 9.17) is 0 Å². The lowest BCUT2D eigenvalue weighted by molar-refractivity contribution is 0.538. The molecule has 2 aromatic heterocycles. The Balaban J connectivity index is 2.46. The highest BCUT2D eigenvalue weighted by atomic mass is 15.3. The summed E-state index contributed by atoms with van der Waals surface area (Å²) in [6.45, 7) is 4.21. The monoisotopic (exact) mass is 176 g/mol. The first-order valence-corrected chi connectivity index (χ1v) is 4.31. The van der Waals surface area contributed by atoms with Gasteiger partial charge in [0, 0.05) is 12.2 Å². The van der Waals surface area contributed by atoms with Crippen LogP contribution in [0.25, 0.3) is 11.4 Å². The maximum Gasteiger partial charge on any atom is 0.0924 e. The molecule has 4 heteroatoms. The third-order valence-corrected chi connectivity index (χ3v) is 1.93. The van der Waals surface area contributed by atoms with Gasteiger partial charge in [0.15, 0.2) is 0 Å². The molecule has 0 aliphatic rings. The smallest absolute Gasteiger partial charge is 0.0924 e. The molecule has 4 nitrogen and oxygen atoms in total. The van der Waals surface area contributed by atoms with E-state index >= 15 is 0 Å². The minimum atomic E-state index is 0.369. The van der Waals surface area contributed by atoms with Crippen molar-refractivity contribution >= 4 is 0 Å². The van der Waals surface area contributed by atoms with Crippen molar-refractivity contribution in [1.29, 1.82) is 0 Å². The molecule has 0 saturated carbocycles. The summed E-state index contributed by atoms with van der Waals surface area (Å²) < 4.78 is 1.97. The summed E-state index contributed by atoms with van der Waals surface area (Å²) in [6, 6.07) is 2.35. The molecule has 0 spiro atoms. The number of hydrogen-bond donors (Lipinski definition) is 1. The Labute approximate surface area is 76.6 Å². The van der Waals surface area contributed by atoms with Crippen molar-refractivity contribution in [2.24, 2.45) is 0 Å². The number of rotatable bonds is 2. The van der Waals surface area contributed by atoms with Gasteiger partial charge in [-0.3, -0.25) is 4.68 Å². The van der Waals surface area contributed by atoms with Crippen molar-refractivity contribution in [3.8, 4) is 11.4 Å². The zero-order chi connectivity index (χ0) is 9.26. The van der Waals surface area contributed by atoms with Crippen LogP contribution in [-0.4, -0.2) is 19.7 Å². The van der Waals surface area contributed by atoms with Crippen molar-refractivity contribution in [2.75, 3.05) is 0 Å². The van der Waals surface area contributed by atoms with Crippen LogP contribution in [-0.2, 0) is 0 Å². The van der Waals surface area contributed by atoms with Gasteiger partial charge >= 0.3 is 0 Å². The molecule has 0 amide bonds. The summed E-state index contributed by atoms with van der Waals surface area (Å²) in [6.07, 6.45) is 5.28. The minimum absolute atomic E-state index is 0.369. The van der Waals surface area contributed by atoms with E-state index < -0.39 is 0 Å². The molecule has 0 unspecified atom stereocenters. The van der Waals surface area contributed by atoms with Gasteiger partial charge < -0.3 is 4.98 Å². The van der Waals surface area contributed by atoms with Gasteiger partial charge in [-0.05, 0) is 19.9 Å². The van der Waals surface area contributed by atoms with Crippen molar-refractivity contribution in [1.82, 2.24) is 19.7 Å². The molecule has 1 N–H and O–H groups in total. The average Bonchev–Trinajstić information content (AvgIpc) is 2.74. The lowest BCUT2D eigenvalue weighted by atomic mass is 10.3. The van der Waals surface area contributed by atoms with Crippen molar-refractivity contribution < 1.29 is 0 Å². The number of nitrogens with one attached hydrogen (secondary N) is 1. The second kappa shape index (κ2) is 3.05. The van der Waals surface area contributed by atoms with Gasteiger partial charge in [-0.15, -0.1) is 0 Å². The molecule has 68 valence electrons. The van der Waals surface area contributed by atoms with E-state index in [1.54, 1.807) is 18.7 Å². The zero-order valence-electron chi connectivity index (χ0n) is 7.73. The second-order valence-electron chi connectivity index (χ2n) is 3.22. The molecule has 0 aliphatic heterocycles. The lowest BCUT2D eigenvalue weighted by Gasteiger charge is -2.08. The topological polar surface area (TPSA) is 46.5 Å². The first-order chi connectivity index (χ1) is 6.29. The van der Waals surface area contributed by atoms with E-state index in [1.165, 1.54) is 0 Å². The average molecular weight is 176 g/mol. The maximum absolute atomic E-state index is 4.24. The third kappa shape index (κ3) is 1.35. The molecule has 2 rings (SSSR count). The molecule has 0 atom stereocenters. The Morgan fingerprint density at radius 1 is 1.46 bits per heavy atom. The fourth-order valence-corrected chi connectivity index (χ4v) is 1.33. The molecule has 0 bridgehead atoms. The first-order valence-electron chi connectivity index (χ1n) is 4.31. The van der Waals surface area contributed by atoms with Crippen LogP contribution in [0.15, 0.2) is 24.8 Å². The number of nitrogens with zero attached hydrogens (tertiary/aromatic N) is 3. The summed E-state index contributed by atoms with van der Waals surface area (Å²) in [7, 11) is 0. The Bertz CT molecular complexity index is 372. The molecular weight excluding hydrogens is 164 g/mol. The molecule has 0 aliphatic carbocycles. The van der Waals surface area contributed by atoms with Gasteiger partial charge in [0.05, 0.1) is 23.9 Å². The predicted molar refractivity (Wildman–Crippen MR) is 50.2 cm³/mol. The van der Waals surface area contributed by atoms with Gasteiger partial charge in [-0.25, -0.2) is 4.98 Å². The summed E-state index contributed by atoms with van der Waals surface area (Å²) in [5.74, 6) is 0. The van der Waals surface area contributed by atoms with Gasteiger partial charge in [-0.2, -0.15) is 5.10 Å². The lowest BCUT2D eigenvalue weighted by Crippen LogP contribution is -2.04. The quantitative estimate of drug-likeness (QED) is 0.759. The molecule has 0 radical (unpaired) electrons. The van der Waals surface area contributed by atoms with Crippen LogP contribution < -0.4 is 0 Å². The fourth-order valence-electron chi connectivity index (χ4n) is 1.33. The number of aromatic amines is 1. The molecule has 13 heavy (non-hydrogen) atoms. The summed E-state index contributed by atoms with van der Waals surface area (Å²) in [5, 5.41) is 4.24. The van der Waals surface area contributed by atoms with Gasteiger partial charge in [-0.1, -0.05) is 0 Å². The van der Waals surface area contributed by atoms with E-state index in [9.17, 15) is 0 Å². The first kappa shape index (κ1) is 8.04. The number of hydrogen-bond acceptors (Lipinski definition) is 2. The Hall–Kier alpha value is -1.58. The number of aromatic nitrogens is 4. The second-order valence-corrected chi connectivity index (χ2v) is 3.22. The maximum atomic E-state index is 4.24. The number of imidazole rings is 1. The molecular formula is C9H12N4. The van der Waals surface area contributed by atoms with Gasteiger partial charge in [0.1, 0.15) is 0 Å². The molecule has 0 fully saturated rings. The highest BCUT2D eigenvalue weighted by Gasteiger charge is 2.08. The standard InChI is InChI=1S/C9H12N4/c1-7(2)13-9(3-4-12-13)8-5-10-6-11-8/h3-7H,1-2H3,(H,10,11). The van der Waals surface area contributed by atoms with Gasteiger partial charge in [0.25, 0.3) is 0 Å². The van der Waals surface area contributed by atoms with E-state index in [0.29, 0.717) is 6.04 Å². The largest absolute Gasteiger partial charge is 0.343 e. The molecule has 2 aromatic rings. The SMILES string of the molecule is CC(C)n1nccc1-c1cnc[nH]1.